The molecule has 80 valence electrons. The number of rotatable bonds is 4. The first-order valence-corrected chi connectivity index (χ1v) is 4.92. The Kier molecular flexibility index (Phi) is 3.64. The van der Waals surface area contributed by atoms with Crippen LogP contribution in [0.4, 0.5) is 0 Å². The number of isocyanates is 1. The molecule has 0 N–H and O–H groups in total. The molecule has 0 saturated heterocycles. The smallest absolute Gasteiger partial charge is 0.235 e. The van der Waals surface area contributed by atoms with Gasteiger partial charge in [-0.15, -0.1) is 0 Å². The molecule has 3 heteroatoms. The molecule has 0 aliphatic heterocycles. The predicted octanol–water partition coefficient (Wildman–Crippen LogP) is 2.66. The van der Waals surface area contributed by atoms with Gasteiger partial charge >= 0.3 is 0 Å². The van der Waals surface area contributed by atoms with E-state index < -0.39 is 5.54 Å². The maximum absolute atomic E-state index is 10.3. The molecule has 0 amide bonds. The summed E-state index contributed by atoms with van der Waals surface area (Å²) in [5, 5.41) is 0. The molecule has 0 heterocycles. The number of benzene rings is 1. The number of aliphatic imine (C=N–C) groups is 1. The fraction of sp³-hybridized carbons (Fsp3) is 0.417. The molecule has 0 fully saturated rings. The molecule has 0 unspecified atom stereocenters. The highest BCUT2D eigenvalue weighted by Gasteiger charge is 2.19. The van der Waals surface area contributed by atoms with Gasteiger partial charge in [0.05, 0.1) is 12.1 Å². The van der Waals surface area contributed by atoms with Crippen molar-refractivity contribution in [3.8, 4) is 5.75 Å². The van der Waals surface area contributed by atoms with Crippen LogP contribution < -0.4 is 4.74 Å². The van der Waals surface area contributed by atoms with Crippen LogP contribution in [-0.4, -0.2) is 12.7 Å². The van der Waals surface area contributed by atoms with Crippen LogP contribution in [-0.2, 0) is 10.3 Å². The van der Waals surface area contributed by atoms with Crippen molar-refractivity contribution in [2.75, 3.05) is 6.61 Å². The minimum absolute atomic E-state index is 0.547. The fourth-order valence-electron chi connectivity index (χ4n) is 1.31. The third-order valence-electron chi connectivity index (χ3n) is 2.18. The third kappa shape index (κ3) is 2.93. The normalized spacial score (nSPS) is 10.6. The first kappa shape index (κ1) is 11.5. The monoisotopic (exact) mass is 205 g/mol. The first-order chi connectivity index (χ1) is 7.10. The van der Waals surface area contributed by atoms with Gasteiger partial charge in [0.2, 0.25) is 6.08 Å². The SMILES string of the molecule is CCOc1cccc(C(C)(C)N=C=O)c1. The highest BCUT2D eigenvalue weighted by atomic mass is 16.5. The predicted molar refractivity (Wildman–Crippen MR) is 58.8 cm³/mol. The Balaban J connectivity index is 3.04. The van der Waals surface area contributed by atoms with E-state index in [9.17, 15) is 4.79 Å². The molecule has 3 nitrogen and oxygen atoms in total. The summed E-state index contributed by atoms with van der Waals surface area (Å²) in [6.45, 7) is 6.29. The first-order valence-electron chi connectivity index (χ1n) is 4.92. The average molecular weight is 205 g/mol. The number of hydrogen-bond acceptors (Lipinski definition) is 3. The van der Waals surface area contributed by atoms with Gasteiger partial charge in [-0.25, -0.2) is 4.79 Å². The summed E-state index contributed by atoms with van der Waals surface area (Å²) in [5.74, 6) is 0.796. The van der Waals surface area contributed by atoms with E-state index in [0.717, 1.165) is 11.3 Å². The quantitative estimate of drug-likeness (QED) is 0.560. The van der Waals surface area contributed by atoms with Crippen LogP contribution >= 0.6 is 0 Å². The van der Waals surface area contributed by atoms with Crippen LogP contribution in [0.3, 0.4) is 0 Å². The molecule has 0 spiro atoms. The van der Waals surface area contributed by atoms with Crippen LogP contribution in [0.5, 0.6) is 5.75 Å². The maximum atomic E-state index is 10.3. The zero-order valence-electron chi connectivity index (χ0n) is 9.28. The van der Waals surface area contributed by atoms with E-state index in [0.29, 0.717) is 6.61 Å². The van der Waals surface area contributed by atoms with Crippen LogP contribution in [0.2, 0.25) is 0 Å². The van der Waals surface area contributed by atoms with E-state index in [1.165, 1.54) is 0 Å². The van der Waals surface area contributed by atoms with Crippen molar-refractivity contribution >= 4 is 6.08 Å². The highest BCUT2D eigenvalue weighted by Crippen LogP contribution is 2.27. The standard InChI is InChI=1S/C12H15NO2/c1-4-15-11-7-5-6-10(8-11)12(2,3)13-9-14/h5-8H,4H2,1-3H3. The lowest BCUT2D eigenvalue weighted by atomic mass is 9.95. The minimum atomic E-state index is -0.547. The van der Waals surface area contributed by atoms with Gasteiger partial charge in [0.1, 0.15) is 5.75 Å². The van der Waals surface area contributed by atoms with Crippen molar-refractivity contribution in [1.29, 1.82) is 0 Å². The molecular weight excluding hydrogens is 190 g/mol. The summed E-state index contributed by atoms with van der Waals surface area (Å²) in [6, 6.07) is 7.59. The van der Waals surface area contributed by atoms with Crippen molar-refractivity contribution in [3.63, 3.8) is 0 Å². The zero-order chi connectivity index (χ0) is 11.3. The summed E-state index contributed by atoms with van der Waals surface area (Å²) >= 11 is 0. The van der Waals surface area contributed by atoms with Gasteiger partial charge in [-0.1, -0.05) is 12.1 Å². The molecule has 0 aliphatic carbocycles. The van der Waals surface area contributed by atoms with E-state index in [4.69, 9.17) is 4.74 Å². The molecule has 0 saturated carbocycles. The molecule has 1 aromatic carbocycles. The second-order valence-electron chi connectivity index (χ2n) is 3.72. The molecule has 0 bridgehead atoms. The van der Waals surface area contributed by atoms with E-state index in [1.807, 2.05) is 45.0 Å². The Morgan fingerprint density at radius 2 is 2.20 bits per heavy atom. The second-order valence-corrected chi connectivity index (χ2v) is 3.72. The highest BCUT2D eigenvalue weighted by molar-refractivity contribution is 5.39. The van der Waals surface area contributed by atoms with E-state index in [-0.39, 0.29) is 0 Å². The molecule has 0 aromatic heterocycles. The van der Waals surface area contributed by atoms with Gasteiger partial charge in [0, 0.05) is 0 Å². The van der Waals surface area contributed by atoms with E-state index >= 15 is 0 Å². The summed E-state index contributed by atoms with van der Waals surface area (Å²) in [5.41, 5.74) is 0.395. The average Bonchev–Trinajstić information content (AvgIpc) is 2.19. The van der Waals surface area contributed by atoms with Crippen molar-refractivity contribution in [3.05, 3.63) is 29.8 Å². The lowest BCUT2D eigenvalue weighted by Crippen LogP contribution is -2.13. The molecule has 15 heavy (non-hydrogen) atoms. The molecule has 0 aliphatic rings. The zero-order valence-corrected chi connectivity index (χ0v) is 9.28. The number of nitrogens with zero attached hydrogens (tertiary/aromatic N) is 1. The van der Waals surface area contributed by atoms with Gasteiger partial charge in [-0.2, -0.15) is 4.99 Å². The Labute approximate surface area is 89.8 Å². The van der Waals surface area contributed by atoms with Crippen molar-refractivity contribution < 1.29 is 9.53 Å². The van der Waals surface area contributed by atoms with Crippen molar-refractivity contribution in [2.24, 2.45) is 4.99 Å². The van der Waals surface area contributed by atoms with Crippen LogP contribution in [0.15, 0.2) is 29.3 Å². The summed E-state index contributed by atoms with van der Waals surface area (Å²) < 4.78 is 5.38. The summed E-state index contributed by atoms with van der Waals surface area (Å²) in [6.07, 6.45) is 1.59. The Morgan fingerprint density at radius 1 is 1.47 bits per heavy atom. The molecule has 1 rings (SSSR count). The van der Waals surface area contributed by atoms with Crippen LogP contribution in [0, 0.1) is 0 Å². The van der Waals surface area contributed by atoms with Crippen molar-refractivity contribution in [1.82, 2.24) is 0 Å². The largest absolute Gasteiger partial charge is 0.494 e. The van der Waals surface area contributed by atoms with Gasteiger partial charge in [-0.3, -0.25) is 0 Å². The maximum Gasteiger partial charge on any atom is 0.235 e. The Morgan fingerprint density at radius 3 is 2.80 bits per heavy atom. The number of carbonyl (C=O) groups excluding carboxylic acids is 1. The van der Waals surface area contributed by atoms with E-state index in [1.54, 1.807) is 6.08 Å². The van der Waals surface area contributed by atoms with Crippen molar-refractivity contribution in [2.45, 2.75) is 26.3 Å². The van der Waals surface area contributed by atoms with Gasteiger partial charge in [0.25, 0.3) is 0 Å². The third-order valence-corrected chi connectivity index (χ3v) is 2.18. The Bertz CT molecular complexity index is 379. The van der Waals surface area contributed by atoms with Crippen LogP contribution in [0.1, 0.15) is 26.3 Å². The lowest BCUT2D eigenvalue weighted by molar-refractivity contribution is 0.339. The molecule has 0 atom stereocenters. The molecule has 0 radical (unpaired) electrons. The summed E-state index contributed by atoms with van der Waals surface area (Å²) in [7, 11) is 0. The minimum Gasteiger partial charge on any atom is -0.494 e. The second kappa shape index (κ2) is 4.76. The van der Waals surface area contributed by atoms with Gasteiger partial charge < -0.3 is 4.74 Å². The number of ether oxygens (including phenoxy) is 1. The van der Waals surface area contributed by atoms with E-state index in [2.05, 4.69) is 4.99 Å². The topological polar surface area (TPSA) is 38.7 Å². The number of hydrogen-bond donors (Lipinski definition) is 0. The molecular formula is C12H15NO2. The molecule has 1 aromatic rings. The Hall–Kier alpha value is -1.60. The summed E-state index contributed by atoms with van der Waals surface area (Å²) in [4.78, 5) is 14.0. The van der Waals surface area contributed by atoms with Gasteiger partial charge in [-0.05, 0) is 38.5 Å². The van der Waals surface area contributed by atoms with Crippen LogP contribution in [0.25, 0.3) is 0 Å². The lowest BCUT2D eigenvalue weighted by Gasteiger charge is -2.18. The van der Waals surface area contributed by atoms with Gasteiger partial charge in [0.15, 0.2) is 0 Å². The fourth-order valence-corrected chi connectivity index (χ4v) is 1.31.